The van der Waals surface area contributed by atoms with Crippen LogP contribution in [-0.4, -0.2) is 10.8 Å². The third kappa shape index (κ3) is 2.94. The van der Waals surface area contributed by atoms with E-state index >= 15 is 0 Å². The first-order chi connectivity index (χ1) is 13.4. The van der Waals surface area contributed by atoms with Gasteiger partial charge < -0.3 is 5.32 Å². The van der Waals surface area contributed by atoms with Gasteiger partial charge in [0.05, 0.1) is 11.6 Å². The summed E-state index contributed by atoms with van der Waals surface area (Å²) in [7, 11) is 0. The predicted octanol–water partition coefficient (Wildman–Crippen LogP) is 5.61. The average molecular weight is 404 g/mol. The zero-order chi connectivity index (χ0) is 21.2. The number of pyridine rings is 1. The molecule has 0 bridgehead atoms. The Balaban J connectivity index is 2.12. The molecule has 1 aromatic carbocycles. The zero-order valence-electron chi connectivity index (χ0n) is 16.2. The van der Waals surface area contributed by atoms with Crippen molar-refractivity contribution in [2.45, 2.75) is 45.2 Å². The number of carbonyl (C=O) groups is 1. The molecule has 1 aliphatic carbocycles. The molecule has 2 aliphatic rings. The molecule has 2 aromatic rings. The van der Waals surface area contributed by atoms with Crippen LogP contribution < -0.4 is 5.32 Å². The van der Waals surface area contributed by atoms with E-state index in [1.54, 1.807) is 37.3 Å². The van der Waals surface area contributed by atoms with E-state index in [4.69, 9.17) is 0 Å². The number of rotatable bonds is 1. The van der Waals surface area contributed by atoms with Gasteiger partial charge in [-0.3, -0.25) is 4.79 Å². The molecule has 1 aliphatic heterocycles. The minimum absolute atomic E-state index is 0.0608. The van der Waals surface area contributed by atoms with E-state index in [1.807, 2.05) is 13.8 Å². The summed E-state index contributed by atoms with van der Waals surface area (Å²) in [6, 6.07) is 8.46. The molecule has 2 heterocycles. The number of allylic oxidation sites excluding steroid dienone is 2. The molecule has 0 unspecified atom stereocenters. The van der Waals surface area contributed by atoms with Crippen LogP contribution in [0.25, 0.3) is 0 Å². The minimum Gasteiger partial charge on any atom is -0.343 e. The topological polar surface area (TPSA) is 42.0 Å². The number of Topliss-reactive ketones (excluding diaryl/α,β-unsaturated/α-hetero) is 1. The van der Waals surface area contributed by atoms with Crippen molar-refractivity contribution >= 4 is 11.6 Å². The summed E-state index contributed by atoms with van der Waals surface area (Å²) in [5.74, 6) is -1.75. The Labute approximate surface area is 165 Å². The number of hydrogen-bond acceptors (Lipinski definition) is 3. The molecule has 1 N–H and O–H groups in total. The molecule has 0 amide bonds. The quantitative estimate of drug-likeness (QED) is 0.628. The lowest BCUT2D eigenvalue weighted by molar-refractivity contribution is -0.141. The molecular formula is C22H20F4N2O. The zero-order valence-corrected chi connectivity index (χ0v) is 16.2. The lowest BCUT2D eigenvalue weighted by Crippen LogP contribution is -2.43. The summed E-state index contributed by atoms with van der Waals surface area (Å²) >= 11 is 0. The largest absolute Gasteiger partial charge is 0.419 e. The summed E-state index contributed by atoms with van der Waals surface area (Å²) < 4.78 is 56.3. The number of alkyl halides is 3. The third-order valence-electron chi connectivity index (χ3n) is 5.81. The maximum Gasteiger partial charge on any atom is 0.419 e. The van der Waals surface area contributed by atoms with Crippen molar-refractivity contribution in [3.8, 4) is 0 Å². The van der Waals surface area contributed by atoms with Gasteiger partial charge in [0, 0.05) is 23.3 Å². The molecular weight excluding hydrogens is 384 g/mol. The maximum atomic E-state index is 14.5. The van der Waals surface area contributed by atoms with Crippen LogP contribution in [0, 0.1) is 11.2 Å². The van der Waals surface area contributed by atoms with E-state index in [9.17, 15) is 22.4 Å². The SMILES string of the molecule is CC1(C)CC(=O)C2=C(C1)Nc1ncc(F)c(C(F)(F)F)c1[C@]2(C)c1ccccc1. The lowest BCUT2D eigenvalue weighted by atomic mass is 9.61. The standard InChI is InChI=1S/C22H20F4N2O/c1-20(2)9-14-17(15(29)10-20)21(3,12-7-5-4-6-8-12)18-16(22(24,25)26)13(23)11-27-19(18)28-14/h4-8,11H,9-10H2,1-3H3,(H,27,28)/t21-/m1/s1. The molecule has 0 radical (unpaired) electrons. The predicted molar refractivity (Wildman–Crippen MR) is 101 cm³/mol. The van der Waals surface area contributed by atoms with E-state index in [2.05, 4.69) is 10.3 Å². The Hall–Kier alpha value is -2.70. The van der Waals surface area contributed by atoms with Gasteiger partial charge in [-0.25, -0.2) is 9.37 Å². The highest BCUT2D eigenvalue weighted by molar-refractivity contribution is 6.03. The van der Waals surface area contributed by atoms with E-state index < -0.39 is 23.0 Å². The minimum atomic E-state index is -4.94. The molecule has 1 aromatic heterocycles. The summed E-state index contributed by atoms with van der Waals surface area (Å²) in [5.41, 5.74) is -2.25. The van der Waals surface area contributed by atoms with Crippen LogP contribution in [0.1, 0.15) is 50.3 Å². The molecule has 3 nitrogen and oxygen atoms in total. The van der Waals surface area contributed by atoms with Crippen LogP contribution in [0.15, 0.2) is 47.8 Å². The fourth-order valence-electron chi connectivity index (χ4n) is 4.68. The molecule has 0 fully saturated rings. The number of benzene rings is 1. The van der Waals surface area contributed by atoms with Crippen LogP contribution in [0.2, 0.25) is 0 Å². The van der Waals surface area contributed by atoms with Crippen molar-refractivity contribution in [3.63, 3.8) is 0 Å². The van der Waals surface area contributed by atoms with Crippen LogP contribution in [0.5, 0.6) is 0 Å². The van der Waals surface area contributed by atoms with Crippen molar-refractivity contribution in [2.24, 2.45) is 5.41 Å². The van der Waals surface area contributed by atoms with Gasteiger partial charge in [-0.2, -0.15) is 13.2 Å². The fourth-order valence-corrected chi connectivity index (χ4v) is 4.68. The number of anilines is 1. The Morgan fingerprint density at radius 2 is 1.72 bits per heavy atom. The molecule has 0 saturated heterocycles. The Morgan fingerprint density at radius 3 is 2.34 bits per heavy atom. The number of nitrogens with one attached hydrogen (secondary N) is 1. The van der Waals surface area contributed by atoms with Gasteiger partial charge in [0.25, 0.3) is 0 Å². The number of carbonyl (C=O) groups excluding carboxylic acids is 1. The first kappa shape index (κ1) is 19.6. The molecule has 0 saturated carbocycles. The number of nitrogens with zero attached hydrogens (tertiary/aromatic N) is 1. The smallest absolute Gasteiger partial charge is 0.343 e. The van der Waals surface area contributed by atoms with E-state index in [-0.39, 0.29) is 34.6 Å². The van der Waals surface area contributed by atoms with Crippen molar-refractivity contribution < 1.29 is 22.4 Å². The van der Waals surface area contributed by atoms with E-state index in [0.717, 1.165) is 0 Å². The molecule has 7 heteroatoms. The number of fused-ring (bicyclic) bond motifs is 1. The van der Waals surface area contributed by atoms with E-state index in [0.29, 0.717) is 23.9 Å². The number of aromatic nitrogens is 1. The lowest BCUT2D eigenvalue weighted by Gasteiger charge is -2.45. The molecule has 4 rings (SSSR count). The first-order valence-corrected chi connectivity index (χ1v) is 9.31. The Kier molecular flexibility index (Phi) is 4.16. The second-order valence-corrected chi connectivity index (χ2v) is 8.61. The van der Waals surface area contributed by atoms with Crippen LogP contribution in [0.4, 0.5) is 23.4 Å². The van der Waals surface area contributed by atoms with Gasteiger partial charge in [-0.1, -0.05) is 44.2 Å². The Bertz CT molecular complexity index is 1040. The van der Waals surface area contributed by atoms with Gasteiger partial charge in [0.15, 0.2) is 11.6 Å². The second-order valence-electron chi connectivity index (χ2n) is 8.61. The van der Waals surface area contributed by atoms with Gasteiger partial charge >= 0.3 is 6.18 Å². The van der Waals surface area contributed by atoms with Crippen LogP contribution >= 0.6 is 0 Å². The summed E-state index contributed by atoms with van der Waals surface area (Å²) in [6.45, 7) is 5.43. The highest BCUT2D eigenvalue weighted by atomic mass is 19.4. The van der Waals surface area contributed by atoms with Crippen molar-refractivity contribution in [3.05, 3.63) is 70.3 Å². The normalized spacial score (nSPS) is 23.3. The molecule has 29 heavy (non-hydrogen) atoms. The van der Waals surface area contributed by atoms with Crippen molar-refractivity contribution in [1.29, 1.82) is 0 Å². The summed E-state index contributed by atoms with van der Waals surface area (Å²) in [5, 5.41) is 2.93. The Morgan fingerprint density at radius 1 is 1.07 bits per heavy atom. The van der Waals surface area contributed by atoms with Gasteiger partial charge in [0.2, 0.25) is 0 Å². The number of hydrogen-bond donors (Lipinski definition) is 1. The van der Waals surface area contributed by atoms with Crippen molar-refractivity contribution in [2.75, 3.05) is 5.32 Å². The molecule has 152 valence electrons. The van der Waals surface area contributed by atoms with Crippen LogP contribution in [-0.2, 0) is 16.4 Å². The maximum absolute atomic E-state index is 14.5. The van der Waals surface area contributed by atoms with Gasteiger partial charge in [0.1, 0.15) is 11.4 Å². The molecule has 1 atom stereocenters. The van der Waals surface area contributed by atoms with Crippen molar-refractivity contribution in [1.82, 2.24) is 4.98 Å². The summed E-state index contributed by atoms with van der Waals surface area (Å²) in [6.07, 6.45) is -3.67. The average Bonchev–Trinajstić information content (AvgIpc) is 2.60. The van der Waals surface area contributed by atoms with Crippen LogP contribution in [0.3, 0.4) is 0 Å². The van der Waals surface area contributed by atoms with Gasteiger partial charge in [-0.05, 0) is 24.3 Å². The third-order valence-corrected chi connectivity index (χ3v) is 5.81. The monoisotopic (exact) mass is 404 g/mol. The van der Waals surface area contributed by atoms with Gasteiger partial charge in [-0.15, -0.1) is 0 Å². The fraction of sp³-hybridized carbons (Fsp3) is 0.364. The second kappa shape index (κ2) is 6.15. The van der Waals surface area contributed by atoms with E-state index in [1.165, 1.54) is 0 Å². The highest BCUT2D eigenvalue weighted by Gasteiger charge is 2.52. The highest BCUT2D eigenvalue weighted by Crippen LogP contribution is 2.55. The first-order valence-electron chi connectivity index (χ1n) is 9.31. The molecule has 0 spiro atoms. The summed E-state index contributed by atoms with van der Waals surface area (Å²) in [4.78, 5) is 17.1. The number of halogens is 4. The number of ketones is 1.